The molecule has 88 valence electrons. The summed E-state index contributed by atoms with van der Waals surface area (Å²) in [5.41, 5.74) is 0. The van der Waals surface area contributed by atoms with E-state index in [1.165, 1.54) is 0 Å². The summed E-state index contributed by atoms with van der Waals surface area (Å²) in [4.78, 5) is 1.97. The van der Waals surface area contributed by atoms with Crippen molar-refractivity contribution in [2.24, 2.45) is 0 Å². The van der Waals surface area contributed by atoms with Crippen molar-refractivity contribution in [2.75, 3.05) is 13.1 Å². The number of aliphatic hydroxyl groups is 2. The van der Waals surface area contributed by atoms with Crippen LogP contribution in [0, 0.1) is 0 Å². The van der Waals surface area contributed by atoms with Crippen molar-refractivity contribution in [3.8, 4) is 0 Å². The Morgan fingerprint density at radius 3 is 2.50 bits per heavy atom. The second kappa shape index (κ2) is 3.76. The van der Waals surface area contributed by atoms with Gasteiger partial charge in [0.15, 0.2) is 5.82 Å². The number of likely N-dealkylation sites (tertiary alicyclic amines) is 1. The molecule has 1 aromatic rings. The average Bonchev–Trinajstić information content (AvgIpc) is 2.91. The highest BCUT2D eigenvalue weighted by Gasteiger charge is 2.32. The van der Waals surface area contributed by atoms with Crippen LogP contribution >= 0.6 is 0 Å². The molecule has 0 radical (unpaired) electrons. The number of aromatic nitrogens is 4. The van der Waals surface area contributed by atoms with Gasteiger partial charge in [0.05, 0.1) is 24.8 Å². The highest BCUT2D eigenvalue weighted by molar-refractivity contribution is 4.93. The molecule has 1 saturated carbocycles. The van der Waals surface area contributed by atoms with Gasteiger partial charge >= 0.3 is 0 Å². The lowest BCUT2D eigenvalue weighted by Gasteiger charge is -2.13. The summed E-state index contributed by atoms with van der Waals surface area (Å²) in [5.74, 6) is 0.823. The number of β-amino-alcohol motifs (C(OH)–C–C–N with tert-alkyl or cyclic N) is 2. The molecule has 1 aliphatic heterocycles. The van der Waals surface area contributed by atoms with E-state index in [9.17, 15) is 10.2 Å². The minimum Gasteiger partial charge on any atom is -0.389 e. The lowest BCUT2D eigenvalue weighted by Crippen LogP contribution is -2.23. The second-order valence-electron chi connectivity index (χ2n) is 4.60. The topological polar surface area (TPSA) is 87.3 Å². The molecule has 1 aliphatic carbocycles. The molecule has 2 heterocycles. The lowest BCUT2D eigenvalue weighted by atomic mass is 10.3. The molecule has 0 aromatic carbocycles. The summed E-state index contributed by atoms with van der Waals surface area (Å²) in [6, 6.07) is 0.461. The van der Waals surface area contributed by atoms with Gasteiger partial charge in [0.1, 0.15) is 0 Å². The first-order valence-corrected chi connectivity index (χ1v) is 5.59. The Morgan fingerprint density at radius 2 is 1.88 bits per heavy atom. The van der Waals surface area contributed by atoms with Crippen LogP contribution in [0.5, 0.6) is 0 Å². The normalized spacial score (nSPS) is 31.1. The van der Waals surface area contributed by atoms with Crippen molar-refractivity contribution < 1.29 is 10.2 Å². The van der Waals surface area contributed by atoms with Crippen molar-refractivity contribution in [2.45, 2.75) is 37.6 Å². The molecule has 2 N–H and O–H groups in total. The quantitative estimate of drug-likeness (QED) is 0.654. The third kappa shape index (κ3) is 1.81. The summed E-state index contributed by atoms with van der Waals surface area (Å²) in [7, 11) is 0. The van der Waals surface area contributed by atoms with Crippen LogP contribution in [0.15, 0.2) is 0 Å². The van der Waals surface area contributed by atoms with Gasteiger partial charge in [0, 0.05) is 13.1 Å². The molecule has 0 amide bonds. The maximum atomic E-state index is 9.44. The van der Waals surface area contributed by atoms with Crippen LogP contribution in [0.1, 0.15) is 24.7 Å². The highest BCUT2D eigenvalue weighted by Crippen LogP contribution is 2.34. The third-order valence-electron chi connectivity index (χ3n) is 3.15. The van der Waals surface area contributed by atoms with Crippen LogP contribution in [0.3, 0.4) is 0 Å². The van der Waals surface area contributed by atoms with Gasteiger partial charge in [-0.3, -0.25) is 4.90 Å². The van der Waals surface area contributed by atoms with Gasteiger partial charge in [-0.15, -0.1) is 5.10 Å². The summed E-state index contributed by atoms with van der Waals surface area (Å²) >= 11 is 0. The molecule has 16 heavy (non-hydrogen) atoms. The van der Waals surface area contributed by atoms with E-state index in [0.717, 1.165) is 18.7 Å². The van der Waals surface area contributed by atoms with Crippen LogP contribution in [0.2, 0.25) is 0 Å². The molecule has 2 fully saturated rings. The molecule has 2 unspecified atom stereocenters. The molecule has 2 atom stereocenters. The Bertz CT molecular complexity index is 368. The number of hydrogen-bond donors (Lipinski definition) is 2. The van der Waals surface area contributed by atoms with Gasteiger partial charge < -0.3 is 10.2 Å². The van der Waals surface area contributed by atoms with Gasteiger partial charge in [0.25, 0.3) is 0 Å². The van der Waals surface area contributed by atoms with Crippen molar-refractivity contribution in [1.82, 2.24) is 25.1 Å². The first kappa shape index (κ1) is 10.1. The van der Waals surface area contributed by atoms with E-state index in [1.807, 2.05) is 9.58 Å². The van der Waals surface area contributed by atoms with Crippen molar-refractivity contribution in [3.05, 3.63) is 5.82 Å². The fraction of sp³-hybridized carbons (Fsp3) is 0.889. The van der Waals surface area contributed by atoms with Crippen molar-refractivity contribution in [1.29, 1.82) is 0 Å². The molecule has 1 aromatic heterocycles. The molecule has 7 nitrogen and oxygen atoms in total. The largest absolute Gasteiger partial charge is 0.389 e. The number of tetrazole rings is 1. The Morgan fingerprint density at radius 1 is 1.19 bits per heavy atom. The zero-order valence-corrected chi connectivity index (χ0v) is 8.90. The first-order chi connectivity index (χ1) is 7.74. The smallest absolute Gasteiger partial charge is 0.165 e. The van der Waals surface area contributed by atoms with Crippen LogP contribution in [-0.2, 0) is 6.54 Å². The van der Waals surface area contributed by atoms with Crippen LogP contribution in [-0.4, -0.2) is 60.6 Å². The number of rotatable bonds is 3. The summed E-state index contributed by atoms with van der Waals surface area (Å²) in [6.45, 7) is 1.56. The molecule has 0 spiro atoms. The van der Waals surface area contributed by atoms with Gasteiger partial charge in [-0.2, -0.15) is 0 Å². The van der Waals surface area contributed by atoms with Crippen LogP contribution in [0.25, 0.3) is 0 Å². The maximum Gasteiger partial charge on any atom is 0.165 e. The minimum absolute atomic E-state index is 0.461. The van der Waals surface area contributed by atoms with Crippen LogP contribution in [0.4, 0.5) is 0 Å². The Kier molecular flexibility index (Phi) is 2.38. The number of hydrogen-bond acceptors (Lipinski definition) is 6. The van der Waals surface area contributed by atoms with E-state index in [4.69, 9.17) is 0 Å². The SMILES string of the molecule is OC1CN(Cc2nnnn2C2CC2)CC1O. The highest BCUT2D eigenvalue weighted by atomic mass is 16.3. The van der Waals surface area contributed by atoms with E-state index in [1.54, 1.807) is 0 Å². The standard InChI is InChI=1S/C9H15N5O2/c15-7-3-13(4-8(7)16)5-9-10-11-12-14(9)6-1-2-6/h6-8,15-16H,1-5H2. The Balaban J connectivity index is 1.67. The fourth-order valence-corrected chi connectivity index (χ4v) is 2.10. The Labute approximate surface area is 92.7 Å². The third-order valence-corrected chi connectivity index (χ3v) is 3.15. The summed E-state index contributed by atoms with van der Waals surface area (Å²) in [6.07, 6.45) is 0.988. The van der Waals surface area contributed by atoms with E-state index < -0.39 is 12.2 Å². The first-order valence-electron chi connectivity index (χ1n) is 5.59. The molecule has 0 bridgehead atoms. The fourth-order valence-electron chi connectivity index (χ4n) is 2.10. The maximum absolute atomic E-state index is 9.44. The molecule has 7 heteroatoms. The van der Waals surface area contributed by atoms with E-state index in [-0.39, 0.29) is 0 Å². The number of nitrogens with zero attached hydrogens (tertiary/aromatic N) is 5. The van der Waals surface area contributed by atoms with Crippen LogP contribution < -0.4 is 0 Å². The minimum atomic E-state index is -0.648. The summed E-state index contributed by atoms with van der Waals surface area (Å²) < 4.78 is 1.86. The second-order valence-corrected chi connectivity index (χ2v) is 4.60. The van der Waals surface area contributed by atoms with Crippen molar-refractivity contribution in [3.63, 3.8) is 0 Å². The van der Waals surface area contributed by atoms with Gasteiger partial charge in [0.2, 0.25) is 0 Å². The molecule has 2 aliphatic rings. The predicted octanol–water partition coefficient (Wildman–Crippen LogP) is -1.45. The number of aliphatic hydroxyl groups excluding tert-OH is 2. The van der Waals surface area contributed by atoms with Gasteiger partial charge in [-0.25, -0.2) is 4.68 Å². The van der Waals surface area contributed by atoms with Gasteiger partial charge in [-0.1, -0.05) is 0 Å². The molecule has 1 saturated heterocycles. The zero-order chi connectivity index (χ0) is 11.1. The van der Waals surface area contributed by atoms with Gasteiger partial charge in [-0.05, 0) is 23.3 Å². The molecular weight excluding hydrogens is 210 g/mol. The molecule has 3 rings (SSSR count). The molecular formula is C9H15N5O2. The van der Waals surface area contributed by atoms with E-state index >= 15 is 0 Å². The Hall–Kier alpha value is -1.05. The van der Waals surface area contributed by atoms with E-state index in [2.05, 4.69) is 15.5 Å². The zero-order valence-electron chi connectivity index (χ0n) is 8.90. The average molecular weight is 225 g/mol. The summed E-state index contributed by atoms with van der Waals surface area (Å²) in [5, 5.41) is 30.5. The van der Waals surface area contributed by atoms with E-state index in [0.29, 0.717) is 25.7 Å². The monoisotopic (exact) mass is 225 g/mol. The predicted molar refractivity (Wildman–Crippen MR) is 53.4 cm³/mol. The lowest BCUT2D eigenvalue weighted by molar-refractivity contribution is 0.0572. The van der Waals surface area contributed by atoms with Crippen molar-refractivity contribution >= 4 is 0 Å².